The second kappa shape index (κ2) is 10.8. The molecule has 1 aliphatic rings. The zero-order valence-electron chi connectivity index (χ0n) is 20.2. The maximum atomic E-state index is 12.5. The monoisotopic (exact) mass is 459 g/mol. The van der Waals surface area contributed by atoms with E-state index in [0.29, 0.717) is 12.5 Å². The minimum atomic E-state index is -0.286. The van der Waals surface area contributed by atoms with Gasteiger partial charge in [-0.2, -0.15) is 0 Å². The maximum Gasteiger partial charge on any atom is 0.307 e. The fourth-order valence-electron chi connectivity index (χ4n) is 4.67. The van der Waals surface area contributed by atoms with Crippen molar-refractivity contribution >= 4 is 5.97 Å². The highest BCUT2D eigenvalue weighted by Crippen LogP contribution is 2.36. The lowest BCUT2D eigenvalue weighted by molar-refractivity contribution is -0.141. The van der Waals surface area contributed by atoms with Crippen molar-refractivity contribution in [3.8, 4) is 11.1 Å². The fourth-order valence-corrected chi connectivity index (χ4v) is 4.67. The number of carbonyl (C=O) groups excluding carboxylic acids is 1. The summed E-state index contributed by atoms with van der Waals surface area (Å²) in [5, 5.41) is 3.57. The van der Waals surface area contributed by atoms with Gasteiger partial charge in [0.2, 0.25) is 0 Å². The molecule has 1 aromatic carbocycles. The predicted octanol–water partition coefficient (Wildman–Crippen LogP) is 4.76. The smallest absolute Gasteiger partial charge is 0.307 e. The Balaban J connectivity index is 1.61. The lowest BCUT2D eigenvalue weighted by atomic mass is 9.94. The van der Waals surface area contributed by atoms with E-state index in [-0.39, 0.29) is 30.0 Å². The molecule has 2 aromatic heterocycles. The van der Waals surface area contributed by atoms with Gasteiger partial charge in [0, 0.05) is 48.8 Å². The zero-order chi connectivity index (χ0) is 24.1. The third-order valence-electron chi connectivity index (χ3n) is 6.68. The van der Waals surface area contributed by atoms with Crippen LogP contribution in [0.3, 0.4) is 0 Å². The number of hydrogen-bond donors (Lipinski definition) is 1. The fraction of sp³-hybridized carbons (Fsp3) is 0.393. The Morgan fingerprint density at radius 2 is 1.91 bits per heavy atom. The maximum absolute atomic E-state index is 12.5. The van der Waals surface area contributed by atoms with E-state index < -0.39 is 0 Å². The summed E-state index contributed by atoms with van der Waals surface area (Å²) < 4.78 is 6.80. The van der Waals surface area contributed by atoms with E-state index in [9.17, 15) is 9.59 Å². The summed E-state index contributed by atoms with van der Waals surface area (Å²) in [7, 11) is 1.41. The first-order valence-electron chi connectivity index (χ1n) is 11.9. The largest absolute Gasteiger partial charge is 0.469 e. The second-order valence-corrected chi connectivity index (χ2v) is 9.29. The first-order chi connectivity index (χ1) is 16.5. The number of rotatable bonds is 10. The Bertz CT molecular complexity index is 1180. The molecule has 6 heteroatoms. The molecule has 0 amide bonds. The Hall–Kier alpha value is -3.25. The van der Waals surface area contributed by atoms with Gasteiger partial charge in [0.25, 0.3) is 5.56 Å². The molecular formula is C28H33N3O3. The van der Waals surface area contributed by atoms with Gasteiger partial charge in [-0.15, -0.1) is 0 Å². The lowest BCUT2D eigenvalue weighted by Crippen LogP contribution is -2.34. The van der Waals surface area contributed by atoms with Gasteiger partial charge in [-0.05, 0) is 60.6 Å². The quantitative estimate of drug-likeness (QED) is 0.443. The van der Waals surface area contributed by atoms with Crippen molar-refractivity contribution in [1.82, 2.24) is 14.9 Å². The molecule has 0 spiro atoms. The molecule has 0 radical (unpaired) electrons. The van der Waals surface area contributed by atoms with E-state index in [1.807, 2.05) is 29.2 Å². The van der Waals surface area contributed by atoms with Crippen LogP contribution in [-0.2, 0) is 9.53 Å². The summed E-state index contributed by atoms with van der Waals surface area (Å²) in [4.78, 5) is 29.3. The number of benzene rings is 1. The molecular weight excluding hydrogens is 426 g/mol. The molecule has 2 atom stereocenters. The van der Waals surface area contributed by atoms with Crippen molar-refractivity contribution < 1.29 is 9.53 Å². The Kier molecular flexibility index (Phi) is 7.58. The second-order valence-electron chi connectivity index (χ2n) is 9.29. The molecule has 3 aromatic rings. The van der Waals surface area contributed by atoms with Crippen molar-refractivity contribution in [3.05, 3.63) is 88.1 Å². The molecule has 34 heavy (non-hydrogen) atoms. The molecule has 2 unspecified atom stereocenters. The molecule has 0 saturated heterocycles. The van der Waals surface area contributed by atoms with Crippen LogP contribution in [0, 0.1) is 19.8 Å². The van der Waals surface area contributed by atoms with Gasteiger partial charge in [-0.25, -0.2) is 0 Å². The van der Waals surface area contributed by atoms with E-state index in [0.717, 1.165) is 23.1 Å². The Morgan fingerprint density at radius 3 is 2.59 bits per heavy atom. The van der Waals surface area contributed by atoms with Crippen molar-refractivity contribution in [2.45, 2.75) is 51.6 Å². The highest BCUT2D eigenvalue weighted by Gasteiger charge is 2.28. The summed E-state index contributed by atoms with van der Waals surface area (Å²) >= 11 is 0. The molecule has 2 heterocycles. The van der Waals surface area contributed by atoms with E-state index in [2.05, 4.69) is 48.4 Å². The third kappa shape index (κ3) is 5.81. The number of methoxy groups -OCH3 is 1. The number of nitrogens with one attached hydrogen (secondary N) is 1. The van der Waals surface area contributed by atoms with Crippen LogP contribution in [0.15, 0.2) is 65.8 Å². The first kappa shape index (κ1) is 23.9. The van der Waals surface area contributed by atoms with Crippen LogP contribution in [0.2, 0.25) is 0 Å². The van der Waals surface area contributed by atoms with Crippen molar-refractivity contribution in [2.75, 3.05) is 13.7 Å². The zero-order valence-corrected chi connectivity index (χ0v) is 20.2. The van der Waals surface area contributed by atoms with Gasteiger partial charge in [-0.1, -0.05) is 37.1 Å². The molecule has 1 N–H and O–H groups in total. The third-order valence-corrected chi connectivity index (χ3v) is 6.68. The van der Waals surface area contributed by atoms with Crippen molar-refractivity contribution in [2.24, 2.45) is 5.92 Å². The molecule has 0 aliphatic heterocycles. The van der Waals surface area contributed by atoms with Gasteiger partial charge in [-0.3, -0.25) is 14.6 Å². The number of ether oxygens (including phenoxy) is 1. The first-order valence-corrected chi connectivity index (χ1v) is 11.9. The number of hydrogen-bond acceptors (Lipinski definition) is 5. The standard InChI is InChI=1S/C28H33N3O3/c1-19-7-6-8-20(2)28(19)23-14-22(16-29-17-23)25(15-27(33)34-3)30-18-24(13-21-10-11-21)31-12-5-4-9-26(31)32/h4-9,12,14,16-17,21,24-25,30H,10-11,13,15,18H2,1-3H3. The molecule has 1 saturated carbocycles. The molecule has 6 nitrogen and oxygen atoms in total. The SMILES string of the molecule is COC(=O)CC(NCC(CC1CC1)n1ccccc1=O)c1cncc(-c2c(C)cccc2C)c1. The number of nitrogens with zero attached hydrogens (tertiary/aromatic N) is 2. The topological polar surface area (TPSA) is 73.2 Å². The van der Waals surface area contributed by atoms with Crippen LogP contribution in [0.25, 0.3) is 11.1 Å². The van der Waals surface area contributed by atoms with Gasteiger partial charge in [0.05, 0.1) is 13.5 Å². The number of carbonyl (C=O) groups is 1. The van der Waals surface area contributed by atoms with Crippen LogP contribution in [-0.4, -0.2) is 29.2 Å². The predicted molar refractivity (Wildman–Crippen MR) is 134 cm³/mol. The van der Waals surface area contributed by atoms with Crippen LogP contribution < -0.4 is 10.9 Å². The lowest BCUT2D eigenvalue weighted by Gasteiger charge is -2.25. The number of aromatic nitrogens is 2. The summed E-state index contributed by atoms with van der Waals surface area (Å²) in [6.07, 6.45) is 9.10. The highest BCUT2D eigenvalue weighted by molar-refractivity contribution is 5.72. The Labute approximate surface area is 201 Å². The number of esters is 1. The van der Waals surface area contributed by atoms with Crippen molar-refractivity contribution in [1.29, 1.82) is 0 Å². The van der Waals surface area contributed by atoms with Gasteiger partial charge in [0.1, 0.15) is 0 Å². The average Bonchev–Trinajstić information content (AvgIpc) is 3.65. The normalized spacial score (nSPS) is 15.0. The van der Waals surface area contributed by atoms with E-state index in [1.54, 1.807) is 12.1 Å². The number of pyridine rings is 2. The van der Waals surface area contributed by atoms with Gasteiger partial charge in [0.15, 0.2) is 0 Å². The van der Waals surface area contributed by atoms with Crippen LogP contribution in [0.5, 0.6) is 0 Å². The summed E-state index contributed by atoms with van der Waals surface area (Å²) in [6.45, 7) is 4.77. The van der Waals surface area contributed by atoms with Crippen LogP contribution in [0.1, 0.15) is 54.5 Å². The van der Waals surface area contributed by atoms with E-state index in [4.69, 9.17) is 4.74 Å². The molecule has 4 rings (SSSR count). The molecule has 1 fully saturated rings. The van der Waals surface area contributed by atoms with Crippen molar-refractivity contribution in [3.63, 3.8) is 0 Å². The number of aryl methyl sites for hydroxylation is 2. The summed E-state index contributed by atoms with van der Waals surface area (Å²) in [5.41, 5.74) is 5.48. The van der Waals surface area contributed by atoms with E-state index >= 15 is 0 Å². The Morgan fingerprint density at radius 1 is 1.15 bits per heavy atom. The summed E-state index contributed by atoms with van der Waals surface area (Å²) in [6, 6.07) is 13.4. The summed E-state index contributed by atoms with van der Waals surface area (Å²) in [5.74, 6) is 0.373. The molecule has 0 bridgehead atoms. The minimum absolute atomic E-state index is 0.00170. The molecule has 178 valence electrons. The average molecular weight is 460 g/mol. The highest BCUT2D eigenvalue weighted by atomic mass is 16.5. The minimum Gasteiger partial charge on any atom is -0.469 e. The molecule has 1 aliphatic carbocycles. The van der Waals surface area contributed by atoms with Crippen LogP contribution >= 0.6 is 0 Å². The van der Waals surface area contributed by atoms with Gasteiger partial charge >= 0.3 is 5.97 Å². The van der Waals surface area contributed by atoms with Crippen LogP contribution in [0.4, 0.5) is 0 Å². The van der Waals surface area contributed by atoms with E-state index in [1.165, 1.54) is 31.1 Å². The van der Waals surface area contributed by atoms with Gasteiger partial charge < -0.3 is 14.6 Å².